The standard InChI is InChI=1S/C24H28N4O4/c1-3-31-23(29)19-15-22(28-26-18-13-9-6-10-14-18)20(24(30)32-4-2)16-21(19)27-25-17-11-7-5-8-12-17/h5-14,19-20,25-26H,3-4,15-16H2,1-2H3/b27-21-,28-22+/t19-,20-/m0/s1. The van der Waals surface area contributed by atoms with E-state index in [1.54, 1.807) is 13.8 Å². The third-order valence-corrected chi connectivity index (χ3v) is 4.98. The van der Waals surface area contributed by atoms with E-state index in [2.05, 4.69) is 21.1 Å². The van der Waals surface area contributed by atoms with Gasteiger partial charge in [-0.15, -0.1) is 0 Å². The van der Waals surface area contributed by atoms with Gasteiger partial charge in [0.05, 0.1) is 36.0 Å². The molecular weight excluding hydrogens is 408 g/mol. The Morgan fingerprint density at radius 3 is 1.47 bits per heavy atom. The van der Waals surface area contributed by atoms with Gasteiger partial charge in [-0.25, -0.2) is 0 Å². The Hall–Kier alpha value is -3.68. The van der Waals surface area contributed by atoms with E-state index in [9.17, 15) is 9.59 Å². The molecular formula is C24H28N4O4. The molecule has 0 saturated heterocycles. The molecule has 0 bridgehead atoms. The first-order valence-electron chi connectivity index (χ1n) is 10.7. The summed E-state index contributed by atoms with van der Waals surface area (Å²) in [7, 11) is 0. The van der Waals surface area contributed by atoms with E-state index in [1.165, 1.54) is 0 Å². The Kier molecular flexibility index (Phi) is 8.36. The summed E-state index contributed by atoms with van der Waals surface area (Å²) in [4.78, 5) is 25.4. The number of hydrogen-bond donors (Lipinski definition) is 2. The summed E-state index contributed by atoms with van der Waals surface area (Å²) >= 11 is 0. The highest BCUT2D eigenvalue weighted by molar-refractivity contribution is 6.16. The van der Waals surface area contributed by atoms with Crippen LogP contribution >= 0.6 is 0 Å². The molecule has 0 aromatic heterocycles. The van der Waals surface area contributed by atoms with Crippen molar-refractivity contribution < 1.29 is 19.1 Å². The highest BCUT2D eigenvalue weighted by Crippen LogP contribution is 2.28. The van der Waals surface area contributed by atoms with Crippen molar-refractivity contribution >= 4 is 34.7 Å². The normalized spacial score (nSPS) is 20.6. The van der Waals surface area contributed by atoms with Crippen molar-refractivity contribution in [2.75, 3.05) is 24.1 Å². The number of carbonyl (C=O) groups excluding carboxylic acids is 2. The number of carbonyl (C=O) groups is 2. The van der Waals surface area contributed by atoms with E-state index in [0.717, 1.165) is 11.4 Å². The predicted molar refractivity (Wildman–Crippen MR) is 124 cm³/mol. The molecule has 1 saturated carbocycles. The fraction of sp³-hybridized carbons (Fsp3) is 0.333. The zero-order valence-electron chi connectivity index (χ0n) is 18.3. The van der Waals surface area contributed by atoms with Crippen LogP contribution in [0.4, 0.5) is 11.4 Å². The van der Waals surface area contributed by atoms with Gasteiger partial charge >= 0.3 is 11.9 Å². The van der Waals surface area contributed by atoms with Crippen LogP contribution in [-0.4, -0.2) is 36.6 Å². The smallest absolute Gasteiger partial charge is 0.315 e. The van der Waals surface area contributed by atoms with Gasteiger partial charge in [0.2, 0.25) is 0 Å². The molecule has 1 aliphatic rings. The van der Waals surface area contributed by atoms with Crippen LogP contribution in [0.2, 0.25) is 0 Å². The Bertz CT molecular complexity index is 881. The zero-order valence-corrected chi connectivity index (χ0v) is 18.3. The SMILES string of the molecule is CCOC(=O)[C@H]1C/C(=N\Nc2ccccc2)[C@@H](C(=O)OCC)C/C1=N/Nc1ccccc1. The number of benzene rings is 2. The maximum Gasteiger partial charge on any atom is 0.315 e. The van der Waals surface area contributed by atoms with Gasteiger partial charge in [0.1, 0.15) is 11.8 Å². The van der Waals surface area contributed by atoms with Gasteiger partial charge in [-0.1, -0.05) is 36.4 Å². The van der Waals surface area contributed by atoms with Crippen molar-refractivity contribution in [1.82, 2.24) is 0 Å². The highest BCUT2D eigenvalue weighted by atomic mass is 16.5. The average Bonchev–Trinajstić information content (AvgIpc) is 2.83. The van der Waals surface area contributed by atoms with E-state index < -0.39 is 23.8 Å². The first-order valence-corrected chi connectivity index (χ1v) is 10.7. The van der Waals surface area contributed by atoms with Crippen LogP contribution in [0, 0.1) is 11.8 Å². The lowest BCUT2D eigenvalue weighted by Gasteiger charge is -2.29. The molecule has 3 rings (SSSR count). The van der Waals surface area contributed by atoms with Crippen molar-refractivity contribution in [3.8, 4) is 0 Å². The molecule has 2 N–H and O–H groups in total. The van der Waals surface area contributed by atoms with E-state index >= 15 is 0 Å². The van der Waals surface area contributed by atoms with E-state index in [4.69, 9.17) is 9.47 Å². The minimum atomic E-state index is -0.645. The fourth-order valence-corrected chi connectivity index (χ4v) is 3.41. The summed E-state index contributed by atoms with van der Waals surface area (Å²) in [5, 5.41) is 8.93. The fourth-order valence-electron chi connectivity index (χ4n) is 3.41. The summed E-state index contributed by atoms with van der Waals surface area (Å²) in [6.45, 7) is 4.02. The van der Waals surface area contributed by atoms with Crippen LogP contribution in [0.3, 0.4) is 0 Å². The van der Waals surface area contributed by atoms with Gasteiger partial charge in [0.15, 0.2) is 0 Å². The van der Waals surface area contributed by atoms with Crippen LogP contribution in [0.5, 0.6) is 0 Å². The maximum absolute atomic E-state index is 12.7. The molecule has 8 nitrogen and oxygen atoms in total. The monoisotopic (exact) mass is 436 g/mol. The average molecular weight is 437 g/mol. The van der Waals surface area contributed by atoms with Gasteiger partial charge in [-0.2, -0.15) is 10.2 Å². The Morgan fingerprint density at radius 1 is 0.750 bits per heavy atom. The number of rotatable bonds is 8. The van der Waals surface area contributed by atoms with Crippen molar-refractivity contribution in [3.05, 3.63) is 60.7 Å². The number of hydrogen-bond acceptors (Lipinski definition) is 8. The number of para-hydroxylation sites is 2. The number of anilines is 2. The topological polar surface area (TPSA) is 101 Å². The molecule has 8 heteroatoms. The minimum Gasteiger partial charge on any atom is -0.465 e. The van der Waals surface area contributed by atoms with Gasteiger partial charge in [0.25, 0.3) is 0 Å². The molecule has 1 fully saturated rings. The Labute approximate surface area is 187 Å². The lowest BCUT2D eigenvalue weighted by Crippen LogP contribution is -2.42. The van der Waals surface area contributed by atoms with Crippen molar-refractivity contribution in [1.29, 1.82) is 0 Å². The van der Waals surface area contributed by atoms with Gasteiger partial charge in [0, 0.05) is 12.8 Å². The molecule has 2 aromatic carbocycles. The largest absolute Gasteiger partial charge is 0.465 e. The molecule has 168 valence electrons. The van der Waals surface area contributed by atoms with Crippen molar-refractivity contribution in [2.24, 2.45) is 22.0 Å². The maximum atomic E-state index is 12.7. The highest BCUT2D eigenvalue weighted by Gasteiger charge is 2.41. The molecule has 0 heterocycles. The van der Waals surface area contributed by atoms with E-state index in [1.807, 2.05) is 60.7 Å². The third kappa shape index (κ3) is 6.16. The van der Waals surface area contributed by atoms with E-state index in [0.29, 0.717) is 11.4 Å². The summed E-state index contributed by atoms with van der Waals surface area (Å²) in [5.41, 5.74) is 8.58. The molecule has 0 spiro atoms. The molecule has 0 radical (unpaired) electrons. The lowest BCUT2D eigenvalue weighted by molar-refractivity contribution is -0.148. The zero-order chi connectivity index (χ0) is 22.8. The van der Waals surface area contributed by atoms with Crippen LogP contribution in [0.1, 0.15) is 26.7 Å². The molecule has 1 aliphatic carbocycles. The van der Waals surface area contributed by atoms with Crippen molar-refractivity contribution in [2.45, 2.75) is 26.7 Å². The summed E-state index contributed by atoms with van der Waals surface area (Å²) < 4.78 is 10.6. The Balaban J connectivity index is 1.90. The molecule has 2 aromatic rings. The minimum absolute atomic E-state index is 0.206. The third-order valence-electron chi connectivity index (χ3n) is 4.98. The second kappa shape index (κ2) is 11.6. The number of nitrogens with one attached hydrogen (secondary N) is 2. The molecule has 0 amide bonds. The Morgan fingerprint density at radius 2 is 1.12 bits per heavy atom. The number of nitrogens with zero attached hydrogens (tertiary/aromatic N) is 2. The summed E-state index contributed by atoms with van der Waals surface area (Å²) in [6.07, 6.45) is 0.412. The van der Waals surface area contributed by atoms with Crippen LogP contribution in [0.15, 0.2) is 70.9 Å². The second-order valence-electron chi connectivity index (χ2n) is 7.18. The second-order valence-corrected chi connectivity index (χ2v) is 7.18. The van der Waals surface area contributed by atoms with Crippen molar-refractivity contribution in [3.63, 3.8) is 0 Å². The summed E-state index contributed by atoms with van der Waals surface area (Å²) in [5.74, 6) is -2.08. The molecule has 32 heavy (non-hydrogen) atoms. The summed E-state index contributed by atoms with van der Waals surface area (Å²) in [6, 6.07) is 18.8. The quantitative estimate of drug-likeness (QED) is 0.478. The van der Waals surface area contributed by atoms with Crippen LogP contribution in [-0.2, 0) is 19.1 Å². The van der Waals surface area contributed by atoms with E-state index in [-0.39, 0.29) is 26.1 Å². The number of hydrazone groups is 2. The van der Waals surface area contributed by atoms with Gasteiger partial charge < -0.3 is 9.47 Å². The first kappa shape index (κ1) is 23.0. The van der Waals surface area contributed by atoms with Gasteiger partial charge in [-0.3, -0.25) is 20.4 Å². The lowest BCUT2D eigenvalue weighted by atomic mass is 9.78. The van der Waals surface area contributed by atoms with Crippen LogP contribution in [0.25, 0.3) is 0 Å². The van der Waals surface area contributed by atoms with Crippen LogP contribution < -0.4 is 10.9 Å². The molecule has 2 atom stereocenters. The molecule has 0 unspecified atom stereocenters. The first-order chi connectivity index (χ1) is 15.6. The number of esters is 2. The predicted octanol–water partition coefficient (Wildman–Crippen LogP) is 4.08. The number of ether oxygens (including phenoxy) is 2. The van der Waals surface area contributed by atoms with Gasteiger partial charge in [-0.05, 0) is 38.1 Å². The molecule has 0 aliphatic heterocycles.